The van der Waals surface area contributed by atoms with Crippen LogP contribution in [0.25, 0.3) is 10.8 Å². The Morgan fingerprint density at radius 3 is 2.89 bits per heavy atom. The minimum atomic E-state index is 0.0382. The Morgan fingerprint density at radius 2 is 2.11 bits per heavy atom. The van der Waals surface area contributed by atoms with Crippen LogP contribution < -0.4 is 0 Å². The van der Waals surface area contributed by atoms with Crippen molar-refractivity contribution in [3.05, 3.63) is 59.3 Å². The second-order valence-corrected chi connectivity index (χ2v) is 9.11. The fourth-order valence-electron chi connectivity index (χ4n) is 3.64. The molecule has 2 aromatic heterocycles. The lowest BCUT2D eigenvalue weighted by molar-refractivity contribution is -0.123. The second kappa shape index (κ2) is 7.61. The van der Waals surface area contributed by atoms with Crippen molar-refractivity contribution >= 4 is 25.3 Å². The monoisotopic (exact) mass is 395 g/mol. The maximum absolute atomic E-state index is 12.8. The summed E-state index contributed by atoms with van der Waals surface area (Å²) < 4.78 is 1.87. The zero-order chi connectivity index (χ0) is 19.8. The van der Waals surface area contributed by atoms with Gasteiger partial charge in [0, 0.05) is 17.6 Å². The number of rotatable bonds is 5. The molecule has 2 aliphatic rings. The fourth-order valence-corrected chi connectivity index (χ4v) is 4.97. The molecule has 0 saturated heterocycles. The number of hydrogen-bond donors (Lipinski definition) is 0. The van der Waals surface area contributed by atoms with E-state index >= 15 is 0 Å². The highest BCUT2D eigenvalue weighted by Crippen LogP contribution is 2.44. The van der Waals surface area contributed by atoms with Gasteiger partial charge in [-0.05, 0) is 59.0 Å². The maximum atomic E-state index is 12.8. The molecule has 0 N–H and O–H groups in total. The molecule has 1 amide bonds. The van der Waals surface area contributed by atoms with Gasteiger partial charge in [-0.25, -0.2) is 4.52 Å². The van der Waals surface area contributed by atoms with Crippen LogP contribution in [-0.2, 0) is 4.79 Å². The van der Waals surface area contributed by atoms with Crippen molar-refractivity contribution in [2.24, 2.45) is 0 Å². The van der Waals surface area contributed by atoms with Crippen molar-refractivity contribution in [2.45, 2.75) is 32.5 Å². The van der Waals surface area contributed by atoms with Crippen LogP contribution in [0.15, 0.2) is 42.3 Å². The van der Waals surface area contributed by atoms with E-state index in [0.717, 1.165) is 47.3 Å². The number of nitrogens with zero attached hydrogens (tertiary/aromatic N) is 5. The normalized spacial score (nSPS) is 20.1. The van der Waals surface area contributed by atoms with E-state index in [9.17, 15) is 4.79 Å². The average Bonchev–Trinajstić information content (AvgIpc) is 3.06. The zero-order valence-electron chi connectivity index (χ0n) is 16.8. The molecule has 0 fully saturated rings. The molecule has 146 valence electrons. The Labute approximate surface area is 167 Å². The Bertz CT molecular complexity index is 1020. The Hall–Kier alpha value is -2.30. The van der Waals surface area contributed by atoms with Crippen molar-refractivity contribution in [2.75, 3.05) is 20.6 Å². The number of aromatic nitrogens is 3. The summed E-state index contributed by atoms with van der Waals surface area (Å²) in [5, 5.41) is 5.72. The lowest BCUT2D eigenvalue weighted by Gasteiger charge is -2.33. The fraction of sp³-hybridized carbons (Fsp3) is 0.381. The molecule has 7 heteroatoms. The second-order valence-electron chi connectivity index (χ2n) is 7.69. The number of carbonyl (C=O) groups is 1. The maximum Gasteiger partial charge on any atom is 0.252 e. The smallest absolute Gasteiger partial charge is 0.252 e. The van der Waals surface area contributed by atoms with Gasteiger partial charge in [0.1, 0.15) is 0 Å². The average molecular weight is 395 g/mol. The summed E-state index contributed by atoms with van der Waals surface area (Å²) in [6.07, 6.45) is 12.1. The van der Waals surface area contributed by atoms with E-state index in [2.05, 4.69) is 36.1 Å². The van der Waals surface area contributed by atoms with Gasteiger partial charge in [-0.15, -0.1) is 0 Å². The molecular formula is C21H26N5OP. The minimum Gasteiger partial charge on any atom is -0.309 e. The van der Waals surface area contributed by atoms with Gasteiger partial charge in [-0.2, -0.15) is 5.10 Å². The summed E-state index contributed by atoms with van der Waals surface area (Å²) >= 11 is 0. The van der Waals surface area contributed by atoms with Crippen LogP contribution in [0.4, 0.5) is 0 Å². The van der Waals surface area contributed by atoms with Crippen molar-refractivity contribution in [3.8, 4) is 0 Å². The molecule has 2 aliphatic heterocycles. The van der Waals surface area contributed by atoms with Gasteiger partial charge in [-0.1, -0.05) is 20.7 Å². The predicted octanol–water partition coefficient (Wildman–Crippen LogP) is 3.33. The Balaban J connectivity index is 1.56. The third kappa shape index (κ3) is 3.80. The Morgan fingerprint density at radius 1 is 1.29 bits per heavy atom. The highest BCUT2D eigenvalue weighted by molar-refractivity contribution is 7.51. The zero-order valence-corrected chi connectivity index (χ0v) is 17.8. The van der Waals surface area contributed by atoms with E-state index in [4.69, 9.17) is 5.10 Å². The van der Waals surface area contributed by atoms with E-state index in [-0.39, 0.29) is 11.7 Å². The molecule has 0 radical (unpaired) electrons. The van der Waals surface area contributed by atoms with Crippen LogP contribution in [0.5, 0.6) is 0 Å². The number of amides is 1. The first-order valence-corrected chi connectivity index (χ1v) is 10.7. The number of carbonyl (C=O) groups excluding carboxylic acids is 1. The predicted molar refractivity (Wildman–Crippen MR) is 114 cm³/mol. The first-order chi connectivity index (χ1) is 13.4. The lowest BCUT2D eigenvalue weighted by Crippen LogP contribution is -2.35. The first-order valence-electron chi connectivity index (χ1n) is 9.59. The molecule has 0 spiro atoms. The highest BCUT2D eigenvalue weighted by atomic mass is 31.1. The van der Waals surface area contributed by atoms with Gasteiger partial charge < -0.3 is 9.80 Å². The Kier molecular flexibility index (Phi) is 5.17. The van der Waals surface area contributed by atoms with Gasteiger partial charge in [-0.3, -0.25) is 9.78 Å². The summed E-state index contributed by atoms with van der Waals surface area (Å²) in [6.45, 7) is 5.01. The molecule has 0 aromatic carbocycles. The van der Waals surface area contributed by atoms with Crippen LogP contribution in [-0.4, -0.2) is 56.7 Å². The van der Waals surface area contributed by atoms with E-state index in [1.54, 1.807) is 6.08 Å². The van der Waals surface area contributed by atoms with E-state index in [1.165, 1.54) is 5.57 Å². The molecular weight excluding hydrogens is 369 g/mol. The molecule has 2 unspecified atom stereocenters. The largest absolute Gasteiger partial charge is 0.309 e. The topological polar surface area (TPSA) is 53.7 Å². The molecule has 0 bridgehead atoms. The van der Waals surface area contributed by atoms with Crippen molar-refractivity contribution in [1.82, 2.24) is 24.4 Å². The van der Waals surface area contributed by atoms with Gasteiger partial charge in [0.05, 0.1) is 34.6 Å². The molecule has 4 heterocycles. The summed E-state index contributed by atoms with van der Waals surface area (Å²) in [7, 11) is 4.65. The summed E-state index contributed by atoms with van der Waals surface area (Å²) in [6, 6.07) is 2.04. The van der Waals surface area contributed by atoms with Crippen molar-refractivity contribution in [3.63, 3.8) is 0 Å². The highest BCUT2D eigenvalue weighted by Gasteiger charge is 2.29. The number of allylic oxidation sites excluding steroid dienone is 2. The molecule has 28 heavy (non-hydrogen) atoms. The number of fused-ring (bicyclic) bond motifs is 2. The summed E-state index contributed by atoms with van der Waals surface area (Å²) in [5.41, 5.74) is 4.97. The van der Waals surface area contributed by atoms with Gasteiger partial charge in [0.25, 0.3) is 5.91 Å². The van der Waals surface area contributed by atoms with Crippen LogP contribution in [0.3, 0.4) is 0 Å². The van der Waals surface area contributed by atoms with Crippen molar-refractivity contribution < 1.29 is 4.79 Å². The van der Waals surface area contributed by atoms with E-state index in [0.29, 0.717) is 8.58 Å². The SMILES string of the molecule is Cc1cn2nc(C3=CC(=O)N4C=C(CCCN(C)C)C=CC4P3)cc2c(C)n1. The van der Waals surface area contributed by atoms with Crippen LogP contribution >= 0.6 is 8.58 Å². The third-order valence-electron chi connectivity index (χ3n) is 5.03. The van der Waals surface area contributed by atoms with Gasteiger partial charge in [0.15, 0.2) is 0 Å². The quantitative estimate of drug-likeness (QED) is 0.729. The van der Waals surface area contributed by atoms with Crippen LogP contribution in [0.1, 0.15) is 29.9 Å². The van der Waals surface area contributed by atoms with E-state index < -0.39 is 0 Å². The number of hydrogen-bond acceptors (Lipinski definition) is 4. The molecule has 0 aliphatic carbocycles. The van der Waals surface area contributed by atoms with E-state index in [1.807, 2.05) is 41.7 Å². The molecule has 0 saturated carbocycles. The molecule has 2 atom stereocenters. The van der Waals surface area contributed by atoms with Crippen molar-refractivity contribution in [1.29, 1.82) is 0 Å². The molecule has 4 rings (SSSR count). The summed E-state index contributed by atoms with van der Waals surface area (Å²) in [4.78, 5) is 21.4. The minimum absolute atomic E-state index is 0.0382. The van der Waals surface area contributed by atoms with Crippen LogP contribution in [0, 0.1) is 13.8 Å². The lowest BCUT2D eigenvalue weighted by atomic mass is 10.1. The third-order valence-corrected chi connectivity index (χ3v) is 6.51. The molecule has 2 aromatic rings. The van der Waals surface area contributed by atoms with Gasteiger partial charge >= 0.3 is 0 Å². The molecule has 6 nitrogen and oxygen atoms in total. The summed E-state index contributed by atoms with van der Waals surface area (Å²) in [5.74, 6) is 0.132. The standard InChI is InChI=1S/C21H26N5OP/c1-14-12-26-18(15(2)22-14)10-17(23-26)19-11-20(27)25-13-16(6-5-9-24(3)4)7-8-21(25)28-19/h7-8,10-13,21,28H,5-6,9H2,1-4H3. The van der Waals surface area contributed by atoms with Gasteiger partial charge in [0.2, 0.25) is 0 Å². The number of aryl methyl sites for hydroxylation is 2. The first kappa shape index (κ1) is 19.0. The van der Waals surface area contributed by atoms with Crippen LogP contribution in [0.2, 0.25) is 0 Å².